The molecule has 9 heteroatoms. The highest BCUT2D eigenvalue weighted by molar-refractivity contribution is 7.99. The molecule has 0 spiro atoms. The van der Waals surface area contributed by atoms with E-state index in [4.69, 9.17) is 22.1 Å². The van der Waals surface area contributed by atoms with Gasteiger partial charge < -0.3 is 20.4 Å². The van der Waals surface area contributed by atoms with Gasteiger partial charge in [0.05, 0.1) is 5.02 Å². The lowest BCUT2D eigenvalue weighted by atomic mass is 9.90. The van der Waals surface area contributed by atoms with Crippen molar-refractivity contribution in [3.05, 3.63) is 29.5 Å². The van der Waals surface area contributed by atoms with E-state index in [0.717, 1.165) is 10.1 Å². The average molecular weight is 368 g/mol. The van der Waals surface area contributed by atoms with E-state index >= 15 is 0 Å². The maximum absolute atomic E-state index is 12.4. The Balaban J connectivity index is 1.70. The van der Waals surface area contributed by atoms with E-state index in [-0.39, 0.29) is 5.91 Å². The highest BCUT2D eigenvalue weighted by Crippen LogP contribution is 2.33. The number of benzene rings is 1. The van der Waals surface area contributed by atoms with Gasteiger partial charge in [0, 0.05) is 30.8 Å². The number of nitrogens with zero attached hydrogens (tertiary/aromatic N) is 3. The third-order valence-corrected chi connectivity index (χ3v) is 5.45. The lowest BCUT2D eigenvalue weighted by Gasteiger charge is -2.31. The Labute approximate surface area is 148 Å². The fourth-order valence-corrected chi connectivity index (χ4v) is 3.41. The van der Waals surface area contributed by atoms with Crippen LogP contribution in [-0.4, -0.2) is 39.4 Å². The van der Waals surface area contributed by atoms with Gasteiger partial charge in [-0.2, -0.15) is 0 Å². The third kappa shape index (κ3) is 3.72. The smallest absolute Gasteiger partial charge is 0.244 e. The topological polar surface area (TPSA) is 95.1 Å². The number of hydrogen-bond acceptors (Lipinski definition) is 6. The van der Waals surface area contributed by atoms with Gasteiger partial charge in [-0.1, -0.05) is 11.6 Å². The molecule has 1 aliphatic rings. The Bertz CT molecular complexity index is 745. The van der Waals surface area contributed by atoms with E-state index in [1.54, 1.807) is 23.0 Å². The summed E-state index contributed by atoms with van der Waals surface area (Å²) < 4.78 is 7.07. The molecule has 1 aromatic carbocycles. The zero-order valence-corrected chi connectivity index (χ0v) is 14.7. The Morgan fingerprint density at radius 3 is 2.83 bits per heavy atom. The summed E-state index contributed by atoms with van der Waals surface area (Å²) in [6.45, 7) is 0.996. The summed E-state index contributed by atoms with van der Waals surface area (Å²) in [5.41, 5.74) is 5.90. The van der Waals surface area contributed by atoms with Crippen molar-refractivity contribution >= 4 is 35.0 Å². The molecule has 7 nitrogen and oxygen atoms in total. The van der Waals surface area contributed by atoms with Crippen LogP contribution in [-0.2, 0) is 16.6 Å². The Morgan fingerprint density at radius 2 is 2.21 bits per heavy atom. The largest absolute Gasteiger partial charge is 0.381 e. The first-order valence-electron chi connectivity index (χ1n) is 7.47. The lowest BCUT2D eigenvalue weighted by Crippen LogP contribution is -2.54. The number of halogens is 1. The van der Waals surface area contributed by atoms with Crippen LogP contribution in [0.4, 0.5) is 5.69 Å². The van der Waals surface area contributed by atoms with Crippen LogP contribution in [0.1, 0.15) is 12.8 Å². The second kappa shape index (κ2) is 7.10. The molecule has 24 heavy (non-hydrogen) atoms. The third-order valence-electron chi connectivity index (χ3n) is 3.90. The molecule has 1 fully saturated rings. The van der Waals surface area contributed by atoms with Gasteiger partial charge in [0.1, 0.15) is 11.9 Å². The molecule has 0 aliphatic carbocycles. The van der Waals surface area contributed by atoms with Gasteiger partial charge in [0.2, 0.25) is 5.91 Å². The minimum Gasteiger partial charge on any atom is -0.381 e. The maximum atomic E-state index is 12.4. The molecule has 1 amide bonds. The summed E-state index contributed by atoms with van der Waals surface area (Å²) in [6.07, 6.45) is 2.64. The Hall–Kier alpha value is -1.61. The number of carbonyl (C=O) groups excluding carboxylic acids is 1. The van der Waals surface area contributed by atoms with Gasteiger partial charge >= 0.3 is 0 Å². The number of hydrogen-bond donors (Lipinski definition) is 2. The molecule has 3 N–H and O–H groups in total. The number of aryl methyl sites for hydroxylation is 1. The zero-order valence-electron chi connectivity index (χ0n) is 13.2. The highest BCUT2D eigenvalue weighted by Gasteiger charge is 2.35. The van der Waals surface area contributed by atoms with Gasteiger partial charge in [-0.05, 0) is 42.8 Å². The zero-order chi connectivity index (χ0) is 17.2. The minimum absolute atomic E-state index is 0.212. The number of carbonyl (C=O) groups is 1. The Kier molecular flexibility index (Phi) is 5.09. The number of anilines is 1. The predicted octanol–water partition coefficient (Wildman–Crippen LogP) is 2.07. The van der Waals surface area contributed by atoms with Crippen LogP contribution < -0.4 is 11.1 Å². The summed E-state index contributed by atoms with van der Waals surface area (Å²) >= 11 is 7.73. The highest BCUT2D eigenvalue weighted by atomic mass is 35.5. The van der Waals surface area contributed by atoms with Crippen LogP contribution in [0.2, 0.25) is 5.02 Å². The quantitative estimate of drug-likeness (QED) is 0.858. The summed E-state index contributed by atoms with van der Waals surface area (Å²) in [6, 6.07) is 5.34. The van der Waals surface area contributed by atoms with Crippen molar-refractivity contribution in [2.75, 3.05) is 18.5 Å². The van der Waals surface area contributed by atoms with Crippen molar-refractivity contribution in [3.8, 4) is 0 Å². The molecule has 0 bridgehead atoms. The van der Waals surface area contributed by atoms with E-state index in [9.17, 15) is 4.79 Å². The molecule has 2 heterocycles. The van der Waals surface area contributed by atoms with E-state index in [1.165, 1.54) is 11.8 Å². The van der Waals surface area contributed by atoms with Crippen LogP contribution in [0, 0.1) is 0 Å². The molecule has 2 aromatic rings. The average Bonchev–Trinajstić information content (AvgIpc) is 2.96. The first-order chi connectivity index (χ1) is 11.5. The van der Waals surface area contributed by atoms with Crippen LogP contribution in [0.5, 0.6) is 0 Å². The first-order valence-corrected chi connectivity index (χ1v) is 8.67. The lowest BCUT2D eigenvalue weighted by molar-refractivity contribution is -0.124. The summed E-state index contributed by atoms with van der Waals surface area (Å²) in [5, 5.41) is 11.9. The van der Waals surface area contributed by atoms with E-state index in [1.807, 2.05) is 13.1 Å². The fraction of sp³-hybridized carbons (Fsp3) is 0.400. The fourth-order valence-electron chi connectivity index (χ4n) is 2.34. The van der Waals surface area contributed by atoms with Crippen molar-refractivity contribution in [3.63, 3.8) is 0 Å². The van der Waals surface area contributed by atoms with Crippen LogP contribution in [0.15, 0.2) is 34.6 Å². The van der Waals surface area contributed by atoms with Crippen molar-refractivity contribution < 1.29 is 9.53 Å². The maximum Gasteiger partial charge on any atom is 0.244 e. The first kappa shape index (κ1) is 17.2. The standard InChI is InChI=1S/C15H18ClN5O2S/c1-21-9-18-20-14(21)24-12-3-2-10(8-11(12)16)19-13(22)15(17)4-6-23-7-5-15/h2-3,8-9H,4-7,17H2,1H3,(H,19,22). The number of aromatic nitrogens is 3. The number of amides is 1. The van der Waals surface area contributed by atoms with Crippen molar-refractivity contribution in [1.82, 2.24) is 14.8 Å². The van der Waals surface area contributed by atoms with Crippen molar-refractivity contribution in [2.24, 2.45) is 12.8 Å². The van der Waals surface area contributed by atoms with Crippen LogP contribution in [0.3, 0.4) is 0 Å². The molecule has 128 valence electrons. The van der Waals surface area contributed by atoms with Gasteiger partial charge in [0.25, 0.3) is 0 Å². The molecule has 1 saturated heterocycles. The number of ether oxygens (including phenoxy) is 1. The molecule has 1 aliphatic heterocycles. The van der Waals surface area contributed by atoms with E-state index in [0.29, 0.717) is 36.8 Å². The predicted molar refractivity (Wildman–Crippen MR) is 92.2 cm³/mol. The monoisotopic (exact) mass is 367 g/mol. The van der Waals surface area contributed by atoms with Crippen molar-refractivity contribution in [2.45, 2.75) is 28.4 Å². The van der Waals surface area contributed by atoms with Crippen molar-refractivity contribution in [1.29, 1.82) is 0 Å². The molecule has 0 unspecified atom stereocenters. The van der Waals surface area contributed by atoms with Crippen LogP contribution in [0.25, 0.3) is 0 Å². The second-order valence-corrected chi connectivity index (χ2v) is 7.11. The summed E-state index contributed by atoms with van der Waals surface area (Å²) in [4.78, 5) is 13.3. The number of nitrogens with two attached hydrogens (primary N) is 1. The molecule has 0 atom stereocenters. The second-order valence-electron chi connectivity index (χ2n) is 5.69. The molecular weight excluding hydrogens is 350 g/mol. The van der Waals surface area contributed by atoms with Gasteiger partial charge in [0.15, 0.2) is 5.16 Å². The minimum atomic E-state index is -0.892. The van der Waals surface area contributed by atoms with E-state index < -0.39 is 5.54 Å². The SMILES string of the molecule is Cn1cnnc1Sc1ccc(NC(=O)C2(N)CCOCC2)cc1Cl. The van der Waals surface area contributed by atoms with E-state index in [2.05, 4.69) is 15.5 Å². The molecular formula is C15H18ClN5O2S. The summed E-state index contributed by atoms with van der Waals surface area (Å²) in [5.74, 6) is -0.212. The Morgan fingerprint density at radius 1 is 1.46 bits per heavy atom. The normalized spacial score (nSPS) is 16.8. The van der Waals surface area contributed by atoms with Gasteiger partial charge in [-0.15, -0.1) is 10.2 Å². The molecule has 0 saturated carbocycles. The van der Waals surface area contributed by atoms with Crippen LogP contribution >= 0.6 is 23.4 Å². The molecule has 1 aromatic heterocycles. The summed E-state index contributed by atoms with van der Waals surface area (Å²) in [7, 11) is 1.86. The van der Waals surface area contributed by atoms with Gasteiger partial charge in [-0.25, -0.2) is 0 Å². The number of rotatable bonds is 4. The number of nitrogens with one attached hydrogen (secondary N) is 1. The molecule has 0 radical (unpaired) electrons. The molecule has 3 rings (SSSR count). The van der Waals surface area contributed by atoms with Gasteiger partial charge in [-0.3, -0.25) is 4.79 Å².